The molecule has 7 nitrogen and oxygen atoms in total. The molecule has 0 aromatic heterocycles. The molecule has 0 unspecified atom stereocenters. The summed E-state index contributed by atoms with van der Waals surface area (Å²) in [5.74, 6) is -0.364. The number of aryl methyl sites for hydroxylation is 1. The summed E-state index contributed by atoms with van der Waals surface area (Å²) in [6.07, 6.45) is 0.712. The lowest BCUT2D eigenvalue weighted by Gasteiger charge is -2.27. The summed E-state index contributed by atoms with van der Waals surface area (Å²) in [6, 6.07) is 11.9. The maximum absolute atomic E-state index is 13.2. The Hall–Kier alpha value is -3.32. The minimum Gasteiger partial charge on any atom is -0.507 e. The first-order chi connectivity index (χ1) is 16.9. The minimum atomic E-state index is -0.724. The Kier molecular flexibility index (Phi) is 8.93. The lowest BCUT2D eigenvalue weighted by atomic mass is 9.94. The van der Waals surface area contributed by atoms with Crippen LogP contribution in [0, 0.1) is 6.92 Å². The molecular weight excluding hydrogens is 444 g/mol. The van der Waals surface area contributed by atoms with E-state index in [2.05, 4.69) is 18.7 Å². The molecule has 35 heavy (non-hydrogen) atoms. The van der Waals surface area contributed by atoms with Gasteiger partial charge >= 0.3 is 0 Å². The van der Waals surface area contributed by atoms with E-state index in [4.69, 9.17) is 9.47 Å². The standard InChI is InChI=1S/C28H36N2O5/c1-6-29(7-2)16-9-17-30-25(21-14-15-22(35-8-3)23(18-21)34-5)24(27(32)28(30)33)26(31)20-12-10-19(4)11-13-20/h10-15,18,25,31H,6-9,16-17H2,1-5H3/b26-24+/t25-/m0/s1. The van der Waals surface area contributed by atoms with E-state index in [1.807, 2.05) is 32.0 Å². The molecule has 0 bridgehead atoms. The Bertz CT molecular complexity index is 1070. The van der Waals surface area contributed by atoms with Gasteiger partial charge in [0.05, 0.1) is 25.3 Å². The van der Waals surface area contributed by atoms with Crippen LogP contribution in [0.2, 0.25) is 0 Å². The van der Waals surface area contributed by atoms with Crippen LogP contribution in [0.1, 0.15) is 49.9 Å². The second kappa shape index (κ2) is 11.9. The number of likely N-dealkylation sites (tertiary alicyclic amines) is 1. The molecule has 2 aromatic rings. The average Bonchev–Trinajstić information content (AvgIpc) is 3.12. The Morgan fingerprint density at radius 3 is 2.31 bits per heavy atom. The lowest BCUT2D eigenvalue weighted by molar-refractivity contribution is -0.140. The molecule has 1 fully saturated rings. The van der Waals surface area contributed by atoms with Gasteiger partial charge in [-0.1, -0.05) is 49.7 Å². The largest absolute Gasteiger partial charge is 0.507 e. The van der Waals surface area contributed by atoms with Crippen LogP contribution >= 0.6 is 0 Å². The SMILES string of the molecule is CCOc1ccc([C@H]2/C(=C(\O)c3ccc(C)cc3)C(=O)C(=O)N2CCCN(CC)CC)cc1OC. The molecule has 1 aliphatic heterocycles. The number of nitrogens with zero attached hydrogens (tertiary/aromatic N) is 2. The molecule has 0 aliphatic carbocycles. The summed E-state index contributed by atoms with van der Waals surface area (Å²) in [5, 5.41) is 11.2. The maximum Gasteiger partial charge on any atom is 0.295 e. The van der Waals surface area contributed by atoms with Crippen molar-refractivity contribution in [1.29, 1.82) is 0 Å². The number of carbonyl (C=O) groups is 2. The van der Waals surface area contributed by atoms with Crippen LogP contribution in [0.25, 0.3) is 5.76 Å². The smallest absolute Gasteiger partial charge is 0.295 e. The fourth-order valence-corrected chi connectivity index (χ4v) is 4.46. The zero-order valence-corrected chi connectivity index (χ0v) is 21.3. The Morgan fingerprint density at radius 2 is 1.71 bits per heavy atom. The molecule has 1 N–H and O–H groups in total. The molecule has 0 radical (unpaired) electrons. The second-order valence-electron chi connectivity index (χ2n) is 8.58. The molecule has 1 amide bonds. The Balaban J connectivity index is 2.08. The monoisotopic (exact) mass is 480 g/mol. The van der Waals surface area contributed by atoms with E-state index in [0.29, 0.717) is 42.2 Å². The van der Waals surface area contributed by atoms with Crippen LogP contribution in [0.4, 0.5) is 0 Å². The molecule has 188 valence electrons. The molecule has 3 rings (SSSR count). The zero-order chi connectivity index (χ0) is 25.5. The first-order valence-electron chi connectivity index (χ1n) is 12.2. The van der Waals surface area contributed by atoms with Gasteiger partial charge < -0.3 is 24.4 Å². The molecule has 0 saturated carbocycles. The first kappa shape index (κ1) is 26.3. The van der Waals surface area contributed by atoms with Crippen molar-refractivity contribution < 1.29 is 24.2 Å². The zero-order valence-electron chi connectivity index (χ0n) is 21.3. The lowest BCUT2D eigenvalue weighted by Crippen LogP contribution is -2.33. The fraction of sp³-hybridized carbons (Fsp3) is 0.429. The number of aliphatic hydroxyl groups excluding tert-OH is 1. The number of hydrogen-bond acceptors (Lipinski definition) is 6. The van der Waals surface area contributed by atoms with Crippen LogP contribution in [-0.4, -0.2) is 66.5 Å². The number of hydrogen-bond donors (Lipinski definition) is 1. The van der Waals surface area contributed by atoms with Crippen LogP contribution in [0.3, 0.4) is 0 Å². The minimum absolute atomic E-state index is 0.0907. The summed E-state index contributed by atoms with van der Waals surface area (Å²) in [4.78, 5) is 30.3. The first-order valence-corrected chi connectivity index (χ1v) is 12.2. The normalized spacial score (nSPS) is 17.3. The average molecular weight is 481 g/mol. The van der Waals surface area contributed by atoms with Crippen molar-refractivity contribution in [1.82, 2.24) is 9.80 Å². The Labute approximate surface area is 207 Å². The number of Topliss-reactive ketones (excluding diaryl/α,β-unsaturated/α-hetero) is 1. The van der Waals surface area contributed by atoms with Crippen molar-refractivity contribution in [3.8, 4) is 11.5 Å². The van der Waals surface area contributed by atoms with Gasteiger partial charge in [0, 0.05) is 12.1 Å². The van der Waals surface area contributed by atoms with Gasteiger partial charge in [-0.15, -0.1) is 0 Å². The predicted octanol–water partition coefficient (Wildman–Crippen LogP) is 4.56. The van der Waals surface area contributed by atoms with Crippen molar-refractivity contribution in [2.45, 2.75) is 40.2 Å². The summed E-state index contributed by atoms with van der Waals surface area (Å²) in [7, 11) is 1.55. The number of ether oxygens (including phenoxy) is 2. The van der Waals surface area contributed by atoms with E-state index in [1.54, 1.807) is 36.3 Å². The van der Waals surface area contributed by atoms with Gasteiger partial charge in [0.25, 0.3) is 11.7 Å². The topological polar surface area (TPSA) is 79.3 Å². The highest BCUT2D eigenvalue weighted by atomic mass is 16.5. The third-order valence-electron chi connectivity index (χ3n) is 6.44. The second-order valence-corrected chi connectivity index (χ2v) is 8.58. The number of carbonyl (C=O) groups excluding carboxylic acids is 2. The summed E-state index contributed by atoms with van der Waals surface area (Å²) < 4.78 is 11.2. The van der Waals surface area contributed by atoms with Gasteiger partial charge in [-0.3, -0.25) is 9.59 Å². The fourth-order valence-electron chi connectivity index (χ4n) is 4.46. The van der Waals surface area contributed by atoms with E-state index in [9.17, 15) is 14.7 Å². The van der Waals surface area contributed by atoms with Crippen molar-refractivity contribution >= 4 is 17.4 Å². The van der Waals surface area contributed by atoms with Crippen LogP contribution in [0.5, 0.6) is 11.5 Å². The summed E-state index contributed by atoms with van der Waals surface area (Å²) >= 11 is 0. The van der Waals surface area contributed by atoms with E-state index in [1.165, 1.54) is 0 Å². The van der Waals surface area contributed by atoms with Gasteiger partial charge in [-0.2, -0.15) is 0 Å². The van der Waals surface area contributed by atoms with Crippen LogP contribution in [0.15, 0.2) is 48.0 Å². The molecule has 2 aromatic carbocycles. The van der Waals surface area contributed by atoms with E-state index >= 15 is 0 Å². The van der Waals surface area contributed by atoms with Gasteiger partial charge in [-0.25, -0.2) is 0 Å². The van der Waals surface area contributed by atoms with E-state index in [-0.39, 0.29) is 11.3 Å². The summed E-state index contributed by atoms with van der Waals surface area (Å²) in [5.41, 5.74) is 2.31. The van der Waals surface area contributed by atoms with Gasteiger partial charge in [0.15, 0.2) is 11.5 Å². The predicted molar refractivity (Wildman–Crippen MR) is 137 cm³/mol. The highest BCUT2D eigenvalue weighted by molar-refractivity contribution is 6.46. The number of methoxy groups -OCH3 is 1. The van der Waals surface area contributed by atoms with Crippen LogP contribution in [-0.2, 0) is 9.59 Å². The highest BCUT2D eigenvalue weighted by Crippen LogP contribution is 2.42. The maximum atomic E-state index is 13.2. The number of benzene rings is 2. The Morgan fingerprint density at radius 1 is 1.03 bits per heavy atom. The summed E-state index contributed by atoms with van der Waals surface area (Å²) in [6.45, 7) is 11.6. The van der Waals surface area contributed by atoms with Crippen molar-refractivity contribution in [3.63, 3.8) is 0 Å². The number of aliphatic hydroxyl groups is 1. The number of rotatable bonds is 11. The van der Waals surface area contributed by atoms with Crippen molar-refractivity contribution in [2.24, 2.45) is 0 Å². The van der Waals surface area contributed by atoms with Gasteiger partial charge in [-0.05, 0) is 57.6 Å². The van der Waals surface area contributed by atoms with E-state index in [0.717, 1.165) is 25.2 Å². The molecule has 1 aliphatic rings. The van der Waals surface area contributed by atoms with E-state index < -0.39 is 17.7 Å². The molecule has 0 spiro atoms. The molecule has 7 heteroatoms. The molecule has 1 atom stereocenters. The van der Waals surface area contributed by atoms with Crippen molar-refractivity contribution in [3.05, 3.63) is 64.7 Å². The van der Waals surface area contributed by atoms with Crippen molar-refractivity contribution in [2.75, 3.05) is 39.9 Å². The highest BCUT2D eigenvalue weighted by Gasteiger charge is 2.46. The number of amides is 1. The van der Waals surface area contributed by atoms with Gasteiger partial charge in [0.1, 0.15) is 5.76 Å². The quantitative estimate of drug-likeness (QED) is 0.289. The number of ketones is 1. The third kappa shape index (κ3) is 5.68. The third-order valence-corrected chi connectivity index (χ3v) is 6.44. The molecule has 1 saturated heterocycles. The molecular formula is C28H36N2O5. The van der Waals surface area contributed by atoms with Gasteiger partial charge in [0.2, 0.25) is 0 Å². The molecule has 1 heterocycles. The van der Waals surface area contributed by atoms with Crippen LogP contribution < -0.4 is 9.47 Å².